The van der Waals surface area contributed by atoms with Crippen LogP contribution in [0.15, 0.2) is 30.5 Å². The van der Waals surface area contributed by atoms with Crippen LogP contribution < -0.4 is 4.74 Å². The molecule has 6 nitrogen and oxygen atoms in total. The maximum absolute atomic E-state index is 12.5. The Morgan fingerprint density at radius 2 is 2.15 bits per heavy atom. The van der Waals surface area contributed by atoms with Gasteiger partial charge in [-0.15, -0.1) is 0 Å². The molecule has 2 aliphatic heterocycles. The minimum atomic E-state index is 0.130. The van der Waals surface area contributed by atoms with Gasteiger partial charge in [-0.1, -0.05) is 6.08 Å². The molecule has 142 valence electrons. The van der Waals surface area contributed by atoms with Crippen molar-refractivity contribution in [2.24, 2.45) is 0 Å². The molecule has 2 aliphatic rings. The van der Waals surface area contributed by atoms with E-state index in [4.69, 9.17) is 4.74 Å². The number of carbonyl (C=O) groups is 2. The summed E-state index contributed by atoms with van der Waals surface area (Å²) in [6.07, 6.45) is 6.96. The number of ether oxygens (including phenoxy) is 1. The highest BCUT2D eigenvalue weighted by Gasteiger charge is 2.23. The van der Waals surface area contributed by atoms with E-state index in [1.165, 1.54) is 11.1 Å². The summed E-state index contributed by atoms with van der Waals surface area (Å²) in [6, 6.07) is 6.02. The first-order chi connectivity index (χ1) is 13.2. The summed E-state index contributed by atoms with van der Waals surface area (Å²) in [4.78, 5) is 31.2. The summed E-state index contributed by atoms with van der Waals surface area (Å²) >= 11 is 0. The average molecular weight is 367 g/mol. The average Bonchev–Trinajstić information content (AvgIpc) is 3.31. The molecule has 1 fully saturated rings. The van der Waals surface area contributed by atoms with E-state index in [1.807, 2.05) is 34.2 Å². The van der Waals surface area contributed by atoms with Gasteiger partial charge in [-0.05, 0) is 36.6 Å². The maximum Gasteiger partial charge on any atom is 0.224 e. The van der Waals surface area contributed by atoms with Gasteiger partial charge in [0, 0.05) is 61.7 Å². The number of amides is 2. The van der Waals surface area contributed by atoms with E-state index in [2.05, 4.69) is 11.1 Å². The number of carbonyl (C=O) groups excluding carboxylic acids is 2. The van der Waals surface area contributed by atoms with E-state index in [9.17, 15) is 9.59 Å². The molecule has 0 aliphatic carbocycles. The van der Waals surface area contributed by atoms with Crippen LogP contribution in [0.4, 0.5) is 0 Å². The number of methoxy groups -OCH3 is 1. The van der Waals surface area contributed by atoms with E-state index < -0.39 is 0 Å². The fourth-order valence-electron chi connectivity index (χ4n) is 3.96. The Bertz CT molecular complexity index is 899. The molecule has 3 heterocycles. The normalized spacial score (nSPS) is 17.5. The van der Waals surface area contributed by atoms with Crippen LogP contribution in [-0.4, -0.2) is 59.9 Å². The third-order valence-electron chi connectivity index (χ3n) is 5.56. The Hall–Kier alpha value is -2.76. The molecule has 2 aromatic rings. The summed E-state index contributed by atoms with van der Waals surface area (Å²) in [5, 5.41) is 1.15. The second kappa shape index (κ2) is 7.47. The first kappa shape index (κ1) is 17.6. The van der Waals surface area contributed by atoms with Crippen LogP contribution in [0.5, 0.6) is 5.75 Å². The monoisotopic (exact) mass is 367 g/mol. The van der Waals surface area contributed by atoms with Gasteiger partial charge < -0.3 is 19.5 Å². The van der Waals surface area contributed by atoms with Crippen molar-refractivity contribution in [1.82, 2.24) is 14.8 Å². The quantitative estimate of drug-likeness (QED) is 0.884. The van der Waals surface area contributed by atoms with Crippen LogP contribution in [0, 0.1) is 0 Å². The number of rotatable bonds is 5. The molecular formula is C21H25N3O3. The number of H-pyrrole nitrogens is 1. The van der Waals surface area contributed by atoms with Crippen LogP contribution >= 0.6 is 0 Å². The van der Waals surface area contributed by atoms with Crippen LogP contribution in [0.25, 0.3) is 16.5 Å². The number of fused-ring (bicyclic) bond motifs is 1. The molecule has 0 bridgehead atoms. The molecule has 0 atom stereocenters. The van der Waals surface area contributed by atoms with E-state index in [0.717, 1.165) is 42.6 Å². The SMILES string of the molecule is COc1ccc2[nH]cc(C3=CCN(C(=O)CCN4CCCC4=O)CC3)c2c1. The van der Waals surface area contributed by atoms with Gasteiger partial charge in [-0.25, -0.2) is 0 Å². The van der Waals surface area contributed by atoms with Gasteiger partial charge in [0.05, 0.1) is 7.11 Å². The lowest BCUT2D eigenvalue weighted by Gasteiger charge is -2.27. The number of aromatic amines is 1. The smallest absolute Gasteiger partial charge is 0.224 e. The summed E-state index contributed by atoms with van der Waals surface area (Å²) in [7, 11) is 1.67. The maximum atomic E-state index is 12.5. The van der Waals surface area contributed by atoms with Gasteiger partial charge >= 0.3 is 0 Å². The third kappa shape index (κ3) is 3.56. The Morgan fingerprint density at radius 1 is 1.26 bits per heavy atom. The number of hydrogen-bond acceptors (Lipinski definition) is 3. The van der Waals surface area contributed by atoms with Crippen LogP contribution in [0.2, 0.25) is 0 Å². The fraction of sp³-hybridized carbons (Fsp3) is 0.429. The molecule has 1 aromatic heterocycles. The molecule has 0 radical (unpaired) electrons. The summed E-state index contributed by atoms with van der Waals surface area (Å²) in [5.74, 6) is 1.15. The van der Waals surface area contributed by atoms with Crippen LogP contribution in [0.1, 0.15) is 31.2 Å². The predicted molar refractivity (Wildman–Crippen MR) is 104 cm³/mol. The zero-order chi connectivity index (χ0) is 18.8. The molecule has 0 spiro atoms. The standard InChI is InChI=1S/C21H25N3O3/c1-27-16-4-5-19-17(13-16)18(14-22-19)15-6-10-24(11-7-15)21(26)8-12-23-9-2-3-20(23)25/h4-6,13-14,22H,2-3,7-12H2,1H3. The van der Waals surface area contributed by atoms with Crippen molar-refractivity contribution in [2.45, 2.75) is 25.7 Å². The largest absolute Gasteiger partial charge is 0.497 e. The minimum absolute atomic E-state index is 0.130. The number of nitrogens with zero attached hydrogens (tertiary/aromatic N) is 2. The lowest BCUT2D eigenvalue weighted by atomic mass is 9.98. The molecule has 0 saturated carbocycles. The Kier molecular flexibility index (Phi) is 4.88. The molecule has 0 unspecified atom stereocenters. The van der Waals surface area contributed by atoms with Gasteiger partial charge in [0.15, 0.2) is 0 Å². The predicted octanol–water partition coefficient (Wildman–Crippen LogP) is 2.80. The van der Waals surface area contributed by atoms with Gasteiger partial charge in [0.25, 0.3) is 0 Å². The molecule has 6 heteroatoms. The van der Waals surface area contributed by atoms with Gasteiger partial charge in [-0.3, -0.25) is 9.59 Å². The third-order valence-corrected chi connectivity index (χ3v) is 5.56. The number of nitrogens with one attached hydrogen (secondary N) is 1. The highest BCUT2D eigenvalue weighted by Crippen LogP contribution is 2.31. The van der Waals surface area contributed by atoms with E-state index >= 15 is 0 Å². The number of likely N-dealkylation sites (tertiary alicyclic amines) is 1. The Morgan fingerprint density at radius 3 is 2.85 bits per heavy atom. The summed E-state index contributed by atoms with van der Waals surface area (Å²) in [5.41, 5.74) is 3.52. The summed E-state index contributed by atoms with van der Waals surface area (Å²) < 4.78 is 5.34. The van der Waals surface area contributed by atoms with Gasteiger partial charge in [0.2, 0.25) is 11.8 Å². The lowest BCUT2D eigenvalue weighted by Crippen LogP contribution is -2.37. The van der Waals surface area contributed by atoms with Crippen molar-refractivity contribution in [3.8, 4) is 5.75 Å². The molecule has 1 N–H and O–H groups in total. The topological polar surface area (TPSA) is 65.6 Å². The first-order valence-corrected chi connectivity index (χ1v) is 9.56. The second-order valence-electron chi connectivity index (χ2n) is 7.17. The molecule has 1 aromatic carbocycles. The highest BCUT2D eigenvalue weighted by molar-refractivity contribution is 5.94. The van der Waals surface area contributed by atoms with E-state index in [-0.39, 0.29) is 11.8 Å². The zero-order valence-corrected chi connectivity index (χ0v) is 15.7. The molecule has 4 rings (SSSR count). The van der Waals surface area contributed by atoms with Crippen molar-refractivity contribution >= 4 is 28.3 Å². The van der Waals surface area contributed by atoms with Gasteiger partial charge in [-0.2, -0.15) is 0 Å². The first-order valence-electron chi connectivity index (χ1n) is 9.56. The highest BCUT2D eigenvalue weighted by atomic mass is 16.5. The molecule has 27 heavy (non-hydrogen) atoms. The minimum Gasteiger partial charge on any atom is -0.497 e. The number of benzene rings is 1. The number of aromatic nitrogens is 1. The Balaban J connectivity index is 1.41. The van der Waals surface area contributed by atoms with E-state index in [0.29, 0.717) is 25.9 Å². The van der Waals surface area contributed by atoms with Crippen molar-refractivity contribution in [1.29, 1.82) is 0 Å². The van der Waals surface area contributed by atoms with Gasteiger partial charge in [0.1, 0.15) is 5.75 Å². The number of hydrogen-bond donors (Lipinski definition) is 1. The Labute approximate surface area is 158 Å². The zero-order valence-electron chi connectivity index (χ0n) is 15.7. The molecule has 1 saturated heterocycles. The van der Waals surface area contributed by atoms with Crippen LogP contribution in [0.3, 0.4) is 0 Å². The van der Waals surface area contributed by atoms with Crippen LogP contribution in [-0.2, 0) is 9.59 Å². The second-order valence-corrected chi connectivity index (χ2v) is 7.17. The fourth-order valence-corrected chi connectivity index (χ4v) is 3.96. The molecule has 2 amide bonds. The van der Waals surface area contributed by atoms with Crippen molar-refractivity contribution < 1.29 is 14.3 Å². The van der Waals surface area contributed by atoms with E-state index in [1.54, 1.807) is 7.11 Å². The van der Waals surface area contributed by atoms with Crippen molar-refractivity contribution in [2.75, 3.05) is 33.3 Å². The van der Waals surface area contributed by atoms with Crippen molar-refractivity contribution in [3.63, 3.8) is 0 Å². The lowest BCUT2D eigenvalue weighted by molar-refractivity contribution is -0.132. The summed E-state index contributed by atoms with van der Waals surface area (Å²) in [6.45, 7) is 2.68. The van der Waals surface area contributed by atoms with Crippen molar-refractivity contribution in [3.05, 3.63) is 36.0 Å². The molecular weight excluding hydrogens is 342 g/mol.